The number of hydrogen-bond acceptors (Lipinski definition) is 10. The number of nitrogens with zero attached hydrogens (tertiary/aromatic N) is 10. The number of rotatable bonds is 0. The van der Waals surface area contributed by atoms with Gasteiger partial charge in [0, 0.05) is 73.4 Å². The number of aryl methyl sites for hydroxylation is 12. The Balaban J connectivity index is 0.000000405. The summed E-state index contributed by atoms with van der Waals surface area (Å²) in [5, 5.41) is 0. The van der Waals surface area contributed by atoms with Gasteiger partial charge in [0.05, 0.1) is 0 Å². The Morgan fingerprint density at radius 2 is 0.375 bits per heavy atom. The fourth-order valence-corrected chi connectivity index (χ4v) is 7.19. The molecular weight excluding hydrogens is 885 g/mol. The minimum absolute atomic E-state index is 0.829. The van der Waals surface area contributed by atoms with Crippen LogP contribution in [0.3, 0.4) is 0 Å². The lowest BCUT2D eigenvalue weighted by atomic mass is 9.84. The lowest BCUT2D eigenvalue weighted by Gasteiger charge is -2.22. The first-order valence-electron chi connectivity index (χ1n) is 26.9. The van der Waals surface area contributed by atoms with Gasteiger partial charge in [-0.15, -0.1) is 0 Å². The van der Waals surface area contributed by atoms with Crippen molar-refractivity contribution in [3.8, 4) is 0 Å². The molecule has 0 radical (unpaired) electrons. The maximum Gasteiger partial charge on any atom is 0.125 e. The monoisotopic (exact) mass is 983 g/mol. The zero-order valence-corrected chi connectivity index (χ0v) is 48.5. The largest absolute Gasteiger partial charge is 0.261 e. The molecule has 0 amide bonds. The van der Waals surface area contributed by atoms with Gasteiger partial charge in [-0.3, -0.25) is 9.97 Å². The SMILES string of the molecule is CC1CCC(C)CC1.CC1CCC(C)CC1.CC1CCC(C)CC1.Cc1ccc(C)nc1.Cc1ccc(C)nc1.Cc1cnc(C)nc1.Cc1cnc(C)nc1.Cc1cnc(C)nc1.Cc1cnc(C)nc1. The lowest BCUT2D eigenvalue weighted by molar-refractivity contribution is 0.308. The zero-order chi connectivity index (χ0) is 53.8. The summed E-state index contributed by atoms with van der Waals surface area (Å²) in [6, 6.07) is 8.13. The summed E-state index contributed by atoms with van der Waals surface area (Å²) in [4.78, 5) is 39.9. The lowest BCUT2D eigenvalue weighted by Crippen LogP contribution is -2.08. The summed E-state index contributed by atoms with van der Waals surface area (Å²) in [6.07, 6.45) is 35.9. The molecule has 0 spiro atoms. The van der Waals surface area contributed by atoms with Crippen LogP contribution >= 0.6 is 0 Å². The van der Waals surface area contributed by atoms with E-state index < -0.39 is 0 Å². The van der Waals surface area contributed by atoms with Gasteiger partial charge >= 0.3 is 0 Å². The first kappa shape index (κ1) is 64.6. The van der Waals surface area contributed by atoms with E-state index in [1.54, 1.807) is 0 Å². The van der Waals surface area contributed by atoms with Crippen LogP contribution in [0.4, 0.5) is 0 Å². The summed E-state index contributed by atoms with van der Waals surface area (Å²) < 4.78 is 0. The van der Waals surface area contributed by atoms with E-state index in [-0.39, 0.29) is 0 Å². The second-order valence-electron chi connectivity index (χ2n) is 21.3. The summed E-state index contributed by atoms with van der Waals surface area (Å²) in [6.45, 7) is 37.6. The highest BCUT2D eigenvalue weighted by atomic mass is 14.9. The molecule has 3 aliphatic carbocycles. The second-order valence-corrected chi connectivity index (χ2v) is 21.3. The van der Waals surface area contributed by atoms with Crippen molar-refractivity contribution in [1.82, 2.24) is 49.8 Å². The normalized spacial score (nSPS) is 19.4. The third-order valence-electron chi connectivity index (χ3n) is 12.7. The van der Waals surface area contributed by atoms with Crippen molar-refractivity contribution in [2.75, 3.05) is 0 Å². The average molecular weight is 984 g/mol. The van der Waals surface area contributed by atoms with Crippen LogP contribution in [0.25, 0.3) is 0 Å². The zero-order valence-electron chi connectivity index (χ0n) is 48.5. The molecule has 10 heteroatoms. The van der Waals surface area contributed by atoms with Crippen molar-refractivity contribution in [3.63, 3.8) is 0 Å². The molecule has 6 aromatic rings. The Labute approximate surface area is 439 Å². The van der Waals surface area contributed by atoms with E-state index in [2.05, 4.69) is 104 Å². The Morgan fingerprint density at radius 1 is 0.222 bits per heavy atom. The van der Waals surface area contributed by atoms with Gasteiger partial charge in [0.25, 0.3) is 0 Å². The minimum Gasteiger partial charge on any atom is -0.261 e. The van der Waals surface area contributed by atoms with Crippen molar-refractivity contribution in [3.05, 3.63) is 154 Å². The summed E-state index contributed by atoms with van der Waals surface area (Å²) >= 11 is 0. The minimum atomic E-state index is 0.829. The van der Waals surface area contributed by atoms with Crippen molar-refractivity contribution >= 4 is 0 Å². The molecule has 0 bridgehead atoms. The van der Waals surface area contributed by atoms with Crippen molar-refractivity contribution in [2.24, 2.45) is 35.5 Å². The Hall–Kier alpha value is -5.38. The van der Waals surface area contributed by atoms with E-state index in [9.17, 15) is 0 Å². The fourth-order valence-electron chi connectivity index (χ4n) is 7.19. The standard InChI is InChI=1S/3C8H16.2C7H9N.4C6H8N2/c3*1-7-3-5-8(2)6-4-7;2*1-6-3-4-7(2)8-5-6;4*1-5-3-7-6(2)8-4-5/h3*7-8H,3-6H2,1-2H3;2*3-5H,1-2H3;4*3-4H,1-2H3. The molecule has 0 aliphatic heterocycles. The predicted molar refractivity (Wildman–Crippen MR) is 304 cm³/mol. The van der Waals surface area contributed by atoms with Gasteiger partial charge in [-0.2, -0.15) is 0 Å². The molecule has 0 atom stereocenters. The Kier molecular flexibility index (Phi) is 34.4. The first-order valence-corrected chi connectivity index (χ1v) is 26.9. The molecule has 0 N–H and O–H groups in total. The number of aromatic nitrogens is 10. The van der Waals surface area contributed by atoms with Crippen LogP contribution in [-0.4, -0.2) is 49.8 Å². The third-order valence-corrected chi connectivity index (χ3v) is 12.7. The van der Waals surface area contributed by atoms with Crippen LogP contribution in [-0.2, 0) is 0 Å². The Morgan fingerprint density at radius 3 is 0.486 bits per heavy atom. The molecule has 3 saturated carbocycles. The van der Waals surface area contributed by atoms with E-state index in [4.69, 9.17) is 0 Å². The van der Waals surface area contributed by atoms with Crippen molar-refractivity contribution < 1.29 is 0 Å². The highest BCUT2D eigenvalue weighted by Crippen LogP contribution is 2.28. The van der Waals surface area contributed by atoms with E-state index >= 15 is 0 Å². The van der Waals surface area contributed by atoms with E-state index in [1.807, 2.05) is 157 Å². The second kappa shape index (κ2) is 38.3. The van der Waals surface area contributed by atoms with E-state index in [1.165, 1.54) is 88.2 Å². The molecule has 0 aromatic carbocycles. The van der Waals surface area contributed by atoms with Gasteiger partial charge in [0.2, 0.25) is 0 Å². The topological polar surface area (TPSA) is 129 Å². The number of hydrogen-bond donors (Lipinski definition) is 0. The predicted octanol–water partition coefficient (Wildman–Crippen LogP) is 16.3. The molecular formula is C62H98N10. The molecule has 0 saturated heterocycles. The van der Waals surface area contributed by atoms with Crippen LogP contribution < -0.4 is 0 Å². The molecule has 0 unspecified atom stereocenters. The van der Waals surface area contributed by atoms with Crippen molar-refractivity contribution in [2.45, 2.75) is 202 Å². The van der Waals surface area contributed by atoms with Gasteiger partial charge in [0.15, 0.2) is 0 Å². The van der Waals surface area contributed by atoms with Gasteiger partial charge in [-0.25, -0.2) is 39.9 Å². The molecule has 72 heavy (non-hydrogen) atoms. The summed E-state index contributed by atoms with van der Waals surface area (Å²) in [7, 11) is 0. The smallest absolute Gasteiger partial charge is 0.125 e. The number of pyridine rings is 2. The molecule has 3 aliphatic rings. The van der Waals surface area contributed by atoms with Gasteiger partial charge < -0.3 is 0 Å². The van der Waals surface area contributed by atoms with Gasteiger partial charge in [-0.1, -0.05) is 131 Å². The average Bonchev–Trinajstić information content (AvgIpc) is 3.36. The maximum absolute atomic E-state index is 4.08. The molecule has 6 aromatic heterocycles. The summed E-state index contributed by atoms with van der Waals surface area (Å²) in [5.74, 6) is 9.43. The van der Waals surface area contributed by atoms with E-state index in [0.29, 0.717) is 0 Å². The highest BCUT2D eigenvalue weighted by Gasteiger charge is 2.14. The third kappa shape index (κ3) is 36.5. The van der Waals surface area contributed by atoms with Crippen LogP contribution in [0.1, 0.15) is 187 Å². The van der Waals surface area contributed by atoms with Gasteiger partial charge in [0.1, 0.15) is 23.3 Å². The molecule has 10 nitrogen and oxygen atoms in total. The maximum atomic E-state index is 4.08. The molecule has 9 rings (SSSR count). The molecule has 6 heterocycles. The molecule has 396 valence electrons. The van der Waals surface area contributed by atoms with Crippen LogP contribution in [0, 0.1) is 119 Å². The summed E-state index contributed by atoms with van der Waals surface area (Å²) in [5.41, 5.74) is 9.02. The Bertz CT molecular complexity index is 1630. The van der Waals surface area contributed by atoms with Crippen molar-refractivity contribution in [1.29, 1.82) is 0 Å². The highest BCUT2D eigenvalue weighted by molar-refractivity contribution is 5.11. The van der Waals surface area contributed by atoms with Crippen LogP contribution in [0.5, 0.6) is 0 Å². The fraction of sp³-hybridized carbons (Fsp3) is 0.581. The first-order chi connectivity index (χ1) is 34.1. The van der Waals surface area contributed by atoms with Gasteiger partial charge in [-0.05, 0) is 164 Å². The quantitative estimate of drug-likeness (QED) is 0.145. The van der Waals surface area contributed by atoms with E-state index in [0.717, 1.165) is 92.4 Å². The van der Waals surface area contributed by atoms with Crippen LogP contribution in [0.2, 0.25) is 0 Å². The van der Waals surface area contributed by atoms with Crippen LogP contribution in [0.15, 0.2) is 86.2 Å². The molecule has 3 fully saturated rings.